The SMILES string of the molecule is Fc1cc(C(Cl)c2cccc3ccccc23)ccc1Cl. The molecular formula is C17H11Cl2F. The fraction of sp³-hybridized carbons (Fsp3) is 0.0588. The van der Waals surface area contributed by atoms with Gasteiger partial charge in [0, 0.05) is 0 Å². The Morgan fingerprint density at radius 2 is 1.65 bits per heavy atom. The Bertz CT molecular complexity index is 763. The van der Waals surface area contributed by atoms with Gasteiger partial charge >= 0.3 is 0 Å². The van der Waals surface area contributed by atoms with E-state index in [1.165, 1.54) is 12.1 Å². The van der Waals surface area contributed by atoms with Crippen molar-refractivity contribution in [3.63, 3.8) is 0 Å². The molecule has 100 valence electrons. The first-order chi connectivity index (χ1) is 9.66. The molecule has 0 fully saturated rings. The number of alkyl halides is 1. The van der Waals surface area contributed by atoms with E-state index in [0.29, 0.717) is 5.56 Å². The molecule has 0 amide bonds. The van der Waals surface area contributed by atoms with Crippen LogP contribution in [-0.2, 0) is 0 Å². The second kappa shape index (κ2) is 5.43. The monoisotopic (exact) mass is 304 g/mol. The van der Waals surface area contributed by atoms with Crippen LogP contribution in [0.3, 0.4) is 0 Å². The van der Waals surface area contributed by atoms with Crippen LogP contribution >= 0.6 is 23.2 Å². The molecule has 0 radical (unpaired) electrons. The molecule has 0 bridgehead atoms. The van der Waals surface area contributed by atoms with Crippen molar-refractivity contribution >= 4 is 34.0 Å². The Labute approximate surface area is 126 Å². The maximum atomic E-state index is 13.6. The van der Waals surface area contributed by atoms with Gasteiger partial charge in [-0.25, -0.2) is 4.39 Å². The minimum atomic E-state index is -0.449. The van der Waals surface area contributed by atoms with Crippen LogP contribution in [0, 0.1) is 5.82 Å². The molecule has 0 spiro atoms. The normalized spacial score (nSPS) is 12.6. The fourth-order valence-corrected chi connectivity index (χ4v) is 2.76. The highest BCUT2D eigenvalue weighted by atomic mass is 35.5. The summed E-state index contributed by atoms with van der Waals surface area (Å²) in [5.41, 5.74) is 1.66. The molecule has 20 heavy (non-hydrogen) atoms. The first-order valence-electron chi connectivity index (χ1n) is 6.23. The largest absolute Gasteiger partial charge is 0.205 e. The van der Waals surface area contributed by atoms with Crippen molar-refractivity contribution in [2.75, 3.05) is 0 Å². The predicted octanol–water partition coefficient (Wildman–Crippen LogP) is 5.96. The summed E-state index contributed by atoms with van der Waals surface area (Å²) in [6.45, 7) is 0. The molecule has 0 heterocycles. The molecule has 1 unspecified atom stereocenters. The van der Waals surface area contributed by atoms with Crippen LogP contribution in [-0.4, -0.2) is 0 Å². The van der Waals surface area contributed by atoms with E-state index >= 15 is 0 Å². The van der Waals surface area contributed by atoms with Gasteiger partial charge in [-0.05, 0) is 34.0 Å². The number of hydrogen-bond acceptors (Lipinski definition) is 0. The van der Waals surface area contributed by atoms with Crippen molar-refractivity contribution in [2.45, 2.75) is 5.38 Å². The second-order valence-electron chi connectivity index (χ2n) is 4.60. The van der Waals surface area contributed by atoms with Crippen molar-refractivity contribution in [3.8, 4) is 0 Å². The van der Waals surface area contributed by atoms with Crippen LogP contribution in [0.5, 0.6) is 0 Å². The van der Waals surface area contributed by atoms with Crippen LogP contribution < -0.4 is 0 Å². The molecule has 0 saturated carbocycles. The highest BCUT2D eigenvalue weighted by Gasteiger charge is 2.15. The second-order valence-corrected chi connectivity index (χ2v) is 5.45. The summed E-state index contributed by atoms with van der Waals surface area (Å²) in [7, 11) is 0. The topological polar surface area (TPSA) is 0 Å². The summed E-state index contributed by atoms with van der Waals surface area (Å²) in [5.74, 6) is -0.449. The van der Waals surface area contributed by atoms with E-state index in [1.807, 2.05) is 42.5 Å². The summed E-state index contributed by atoms with van der Waals surface area (Å²) in [6, 6.07) is 18.6. The number of benzene rings is 3. The number of fused-ring (bicyclic) bond motifs is 1. The number of halogens is 3. The Hall–Kier alpha value is -1.57. The van der Waals surface area contributed by atoms with Gasteiger partial charge in [0.25, 0.3) is 0 Å². The van der Waals surface area contributed by atoms with Crippen molar-refractivity contribution in [3.05, 3.63) is 82.6 Å². The number of rotatable bonds is 2. The molecule has 3 aromatic carbocycles. The van der Waals surface area contributed by atoms with Crippen LogP contribution in [0.4, 0.5) is 4.39 Å². The third-order valence-corrected chi connectivity index (χ3v) is 4.13. The molecule has 0 aliphatic rings. The zero-order valence-corrected chi connectivity index (χ0v) is 12.0. The molecular weight excluding hydrogens is 294 g/mol. The Kier molecular flexibility index (Phi) is 3.64. The van der Waals surface area contributed by atoms with E-state index in [2.05, 4.69) is 0 Å². The average Bonchev–Trinajstić information content (AvgIpc) is 2.49. The van der Waals surface area contributed by atoms with Crippen LogP contribution in [0.1, 0.15) is 16.5 Å². The zero-order valence-electron chi connectivity index (χ0n) is 10.5. The fourth-order valence-electron chi connectivity index (χ4n) is 2.32. The lowest BCUT2D eigenvalue weighted by atomic mass is 9.98. The summed E-state index contributed by atoms with van der Waals surface area (Å²) in [5, 5.41) is 1.89. The van der Waals surface area contributed by atoms with Gasteiger partial charge in [-0.3, -0.25) is 0 Å². The maximum absolute atomic E-state index is 13.6. The number of hydrogen-bond donors (Lipinski definition) is 0. The Morgan fingerprint density at radius 1 is 0.900 bits per heavy atom. The van der Waals surface area contributed by atoms with Crippen LogP contribution in [0.25, 0.3) is 10.8 Å². The van der Waals surface area contributed by atoms with Gasteiger partial charge in [0.05, 0.1) is 10.4 Å². The lowest BCUT2D eigenvalue weighted by molar-refractivity contribution is 0.626. The first kappa shape index (κ1) is 13.4. The minimum absolute atomic E-state index is 0.107. The summed E-state index contributed by atoms with van der Waals surface area (Å²) >= 11 is 12.2. The Morgan fingerprint density at radius 3 is 2.45 bits per heavy atom. The first-order valence-corrected chi connectivity index (χ1v) is 7.05. The highest BCUT2D eigenvalue weighted by Crippen LogP contribution is 2.34. The molecule has 0 aliphatic carbocycles. The minimum Gasteiger partial charge on any atom is -0.205 e. The third-order valence-electron chi connectivity index (χ3n) is 3.33. The van der Waals surface area contributed by atoms with Gasteiger partial charge in [-0.1, -0.05) is 60.1 Å². The average molecular weight is 305 g/mol. The van der Waals surface area contributed by atoms with E-state index in [-0.39, 0.29) is 5.02 Å². The zero-order chi connectivity index (χ0) is 14.1. The molecule has 0 aliphatic heterocycles. The van der Waals surface area contributed by atoms with Crippen LogP contribution in [0.15, 0.2) is 60.7 Å². The van der Waals surface area contributed by atoms with Crippen molar-refractivity contribution in [2.24, 2.45) is 0 Å². The molecule has 3 rings (SSSR count). The summed E-state index contributed by atoms with van der Waals surface area (Å²) < 4.78 is 13.6. The highest BCUT2D eigenvalue weighted by molar-refractivity contribution is 6.30. The summed E-state index contributed by atoms with van der Waals surface area (Å²) in [6.07, 6.45) is 0. The van der Waals surface area contributed by atoms with E-state index in [1.54, 1.807) is 6.07 Å². The molecule has 3 aromatic rings. The van der Waals surface area contributed by atoms with Crippen LogP contribution in [0.2, 0.25) is 5.02 Å². The van der Waals surface area contributed by atoms with E-state index in [9.17, 15) is 4.39 Å². The maximum Gasteiger partial charge on any atom is 0.142 e. The standard InChI is InChI=1S/C17H11Cl2F/c18-15-9-8-12(10-16(15)20)17(19)14-7-3-5-11-4-1-2-6-13(11)14/h1-10,17H. The molecule has 0 nitrogen and oxygen atoms in total. The van der Waals surface area contributed by atoms with Crippen molar-refractivity contribution in [1.82, 2.24) is 0 Å². The van der Waals surface area contributed by atoms with E-state index < -0.39 is 11.2 Å². The van der Waals surface area contributed by atoms with Gasteiger partial charge in [0.2, 0.25) is 0 Å². The van der Waals surface area contributed by atoms with E-state index in [0.717, 1.165) is 16.3 Å². The quantitative estimate of drug-likeness (QED) is 0.512. The summed E-state index contributed by atoms with van der Waals surface area (Å²) in [4.78, 5) is 0. The lowest BCUT2D eigenvalue weighted by Gasteiger charge is -2.13. The molecule has 1 atom stereocenters. The molecule has 3 heteroatoms. The van der Waals surface area contributed by atoms with Crippen molar-refractivity contribution < 1.29 is 4.39 Å². The van der Waals surface area contributed by atoms with Gasteiger partial charge in [0.15, 0.2) is 0 Å². The molecule has 0 N–H and O–H groups in total. The van der Waals surface area contributed by atoms with Gasteiger partial charge < -0.3 is 0 Å². The van der Waals surface area contributed by atoms with Crippen molar-refractivity contribution in [1.29, 1.82) is 0 Å². The molecule has 0 saturated heterocycles. The Balaban J connectivity index is 2.12. The molecule has 0 aromatic heterocycles. The smallest absolute Gasteiger partial charge is 0.142 e. The predicted molar refractivity (Wildman–Crippen MR) is 83.1 cm³/mol. The third kappa shape index (κ3) is 2.39. The van der Waals surface area contributed by atoms with Gasteiger partial charge in [0.1, 0.15) is 5.82 Å². The lowest BCUT2D eigenvalue weighted by Crippen LogP contribution is -1.95. The van der Waals surface area contributed by atoms with E-state index in [4.69, 9.17) is 23.2 Å². The van der Waals surface area contributed by atoms with Gasteiger partial charge in [-0.15, -0.1) is 11.6 Å². The van der Waals surface area contributed by atoms with Gasteiger partial charge in [-0.2, -0.15) is 0 Å².